The molecule has 0 aromatic heterocycles. The van der Waals surface area contributed by atoms with Crippen LogP contribution in [0.4, 0.5) is 0 Å². The number of aliphatic hydroxyl groups excluding tert-OH is 1. The van der Waals surface area contributed by atoms with Crippen molar-refractivity contribution in [2.24, 2.45) is 35.0 Å². The topological polar surface area (TPSA) is 110 Å². The summed E-state index contributed by atoms with van der Waals surface area (Å²) >= 11 is 0. The van der Waals surface area contributed by atoms with Crippen LogP contribution in [0.1, 0.15) is 67.2 Å². The number of hydrogen-bond acceptors (Lipinski definition) is 7. The molecule has 0 spiro atoms. The van der Waals surface area contributed by atoms with Crippen molar-refractivity contribution in [3.05, 3.63) is 59.8 Å². The lowest BCUT2D eigenvalue weighted by molar-refractivity contribution is -0.218. The number of ether oxygens (including phenoxy) is 2. The molecule has 0 heterocycles. The summed E-state index contributed by atoms with van der Waals surface area (Å²) in [4.78, 5) is 39.3. The summed E-state index contributed by atoms with van der Waals surface area (Å²) in [6.07, 6.45) is 15.3. The van der Waals surface area contributed by atoms with Crippen molar-refractivity contribution in [3.8, 4) is 0 Å². The Kier molecular flexibility index (Phi) is 8.49. The van der Waals surface area contributed by atoms with Gasteiger partial charge in [0, 0.05) is 47.5 Å². The lowest BCUT2D eigenvalue weighted by Gasteiger charge is -2.52. The minimum Gasteiger partial charge on any atom is -0.455 e. The Morgan fingerprint density at radius 1 is 1.10 bits per heavy atom. The third-order valence-electron chi connectivity index (χ3n) is 9.80. The van der Waals surface area contributed by atoms with Crippen LogP contribution >= 0.6 is 0 Å². The van der Waals surface area contributed by atoms with Crippen molar-refractivity contribution < 1.29 is 34.1 Å². The van der Waals surface area contributed by atoms with Crippen molar-refractivity contribution in [1.29, 1.82) is 0 Å². The van der Waals surface area contributed by atoms with E-state index in [4.69, 9.17) is 9.47 Å². The van der Waals surface area contributed by atoms with Crippen molar-refractivity contribution in [2.45, 2.75) is 84.5 Å². The van der Waals surface area contributed by atoms with Crippen LogP contribution in [0.3, 0.4) is 0 Å². The maximum Gasteiger partial charge on any atom is 0.331 e. The molecule has 0 aliphatic heterocycles. The van der Waals surface area contributed by atoms with Crippen LogP contribution in [0.25, 0.3) is 0 Å². The summed E-state index contributed by atoms with van der Waals surface area (Å²) in [5.41, 5.74) is -1.98. The number of fused-ring (bicyclic) bond motifs is 5. The maximum atomic E-state index is 13.2. The minimum absolute atomic E-state index is 0.0349. The molecule has 4 aliphatic rings. The highest BCUT2D eigenvalue weighted by atomic mass is 16.6. The first-order chi connectivity index (χ1) is 18.9. The molecule has 0 unspecified atom stereocenters. The number of allylic oxidation sites excluding steroid dienone is 6. The second-order valence-electron chi connectivity index (χ2n) is 12.4. The molecule has 2 N–H and O–H groups in total. The van der Waals surface area contributed by atoms with Crippen molar-refractivity contribution in [3.63, 3.8) is 0 Å². The van der Waals surface area contributed by atoms with Gasteiger partial charge in [0.05, 0.1) is 12.2 Å². The first-order valence-corrected chi connectivity index (χ1v) is 14.6. The molecule has 40 heavy (non-hydrogen) atoms. The van der Waals surface area contributed by atoms with E-state index < -0.39 is 52.4 Å². The summed E-state index contributed by atoms with van der Waals surface area (Å²) in [7, 11) is 0. The van der Waals surface area contributed by atoms with Gasteiger partial charge >= 0.3 is 11.9 Å². The van der Waals surface area contributed by atoms with Crippen LogP contribution in [0.5, 0.6) is 0 Å². The molecule has 7 nitrogen and oxygen atoms in total. The molecule has 218 valence electrons. The number of rotatable bonds is 9. The van der Waals surface area contributed by atoms with Gasteiger partial charge in [-0.25, -0.2) is 4.79 Å². The number of carbonyl (C=O) groups excluding carboxylic acids is 3. The molecule has 8 atom stereocenters. The number of ketones is 1. The van der Waals surface area contributed by atoms with Crippen LogP contribution in [-0.2, 0) is 23.9 Å². The predicted octanol–water partition coefficient (Wildman–Crippen LogP) is 4.80. The third-order valence-corrected chi connectivity index (χ3v) is 9.80. The fraction of sp³-hybridized carbons (Fsp3) is 0.606. The molecule has 0 bridgehead atoms. The van der Waals surface area contributed by atoms with Crippen LogP contribution in [0.2, 0.25) is 0 Å². The summed E-state index contributed by atoms with van der Waals surface area (Å²) in [6.45, 7) is 11.2. The second kappa shape index (κ2) is 11.2. The highest BCUT2D eigenvalue weighted by Crippen LogP contribution is 2.77. The Morgan fingerprint density at radius 2 is 1.80 bits per heavy atom. The molecule has 4 rings (SSSR count). The Labute approximate surface area is 237 Å². The average Bonchev–Trinajstić information content (AvgIpc) is 3.30. The number of aliphatic hydroxyl groups is 2. The largest absolute Gasteiger partial charge is 0.455 e. The summed E-state index contributed by atoms with van der Waals surface area (Å²) in [5, 5.41) is 22.9. The zero-order valence-corrected chi connectivity index (χ0v) is 24.6. The quantitative estimate of drug-likeness (QED) is 0.183. The van der Waals surface area contributed by atoms with Crippen LogP contribution in [-0.4, -0.2) is 51.8 Å². The van der Waals surface area contributed by atoms with E-state index in [-0.39, 0.29) is 30.7 Å². The fourth-order valence-corrected chi connectivity index (χ4v) is 7.84. The Hall–Kier alpha value is -2.77. The molecule has 0 aromatic rings. The number of hydrogen-bond donors (Lipinski definition) is 2. The van der Waals surface area contributed by atoms with Gasteiger partial charge in [0.1, 0.15) is 6.10 Å². The molecule has 0 saturated heterocycles. The van der Waals surface area contributed by atoms with Crippen LogP contribution in [0.15, 0.2) is 59.8 Å². The van der Waals surface area contributed by atoms with Crippen LogP contribution in [0, 0.1) is 35.0 Å². The molecule has 0 aromatic carbocycles. The summed E-state index contributed by atoms with van der Waals surface area (Å²) < 4.78 is 12.4. The standard InChI is InChI=1S/C33H44O7/c1-7-9-10-11-12-13-15-26(35)39-30-21(4)32(38)24-16-20(3)28(37)23(24)17-22(19-34)18-25(32)29-31(5,6)33(29,30)40-27(36)14-8-2/h9-13,15-16,18,21,23-25,29-30,34,38H,7-8,14,17,19H2,1-6H3/b10-9+,12-11+,15-13-/t21-,23-,24-,25+,29-,30-,32+,33-/m1/s1. The van der Waals surface area contributed by atoms with Gasteiger partial charge in [-0.1, -0.05) is 77.2 Å². The Balaban J connectivity index is 1.79. The second-order valence-corrected chi connectivity index (χ2v) is 12.4. The first-order valence-electron chi connectivity index (χ1n) is 14.6. The Bertz CT molecular complexity index is 1190. The van der Waals surface area contributed by atoms with Crippen molar-refractivity contribution in [1.82, 2.24) is 0 Å². The predicted molar refractivity (Wildman–Crippen MR) is 152 cm³/mol. The normalized spacial score (nSPS) is 38.0. The summed E-state index contributed by atoms with van der Waals surface area (Å²) in [5.74, 6) is -3.61. The molecular formula is C33H44O7. The van der Waals surface area contributed by atoms with Gasteiger partial charge in [-0.15, -0.1) is 0 Å². The molecule has 0 radical (unpaired) electrons. The van der Waals surface area contributed by atoms with Gasteiger partial charge in [-0.2, -0.15) is 0 Å². The molecule has 2 fully saturated rings. The summed E-state index contributed by atoms with van der Waals surface area (Å²) in [6, 6.07) is 0. The van der Waals surface area contributed by atoms with E-state index in [2.05, 4.69) is 0 Å². The average molecular weight is 553 g/mol. The smallest absolute Gasteiger partial charge is 0.331 e. The van der Waals surface area contributed by atoms with Gasteiger partial charge in [-0.05, 0) is 37.3 Å². The Morgan fingerprint density at radius 3 is 2.45 bits per heavy atom. The monoisotopic (exact) mass is 552 g/mol. The molecule has 2 saturated carbocycles. The number of carbonyl (C=O) groups is 3. The van der Waals surface area contributed by atoms with E-state index in [0.717, 1.165) is 6.42 Å². The third kappa shape index (κ3) is 4.65. The van der Waals surface area contributed by atoms with E-state index in [0.29, 0.717) is 24.0 Å². The van der Waals surface area contributed by atoms with E-state index in [1.54, 1.807) is 19.1 Å². The van der Waals surface area contributed by atoms with Gasteiger partial charge in [-0.3, -0.25) is 9.59 Å². The van der Waals surface area contributed by atoms with E-state index in [9.17, 15) is 24.6 Å². The highest BCUT2D eigenvalue weighted by molar-refractivity contribution is 6.00. The van der Waals surface area contributed by atoms with Gasteiger partial charge in [0.2, 0.25) is 0 Å². The molecule has 4 aliphatic carbocycles. The van der Waals surface area contributed by atoms with E-state index >= 15 is 0 Å². The van der Waals surface area contributed by atoms with Crippen molar-refractivity contribution in [2.75, 3.05) is 6.61 Å². The first kappa shape index (κ1) is 30.2. The van der Waals surface area contributed by atoms with Crippen LogP contribution < -0.4 is 0 Å². The highest BCUT2D eigenvalue weighted by Gasteiger charge is 2.87. The van der Waals surface area contributed by atoms with E-state index in [1.165, 1.54) is 6.08 Å². The maximum absolute atomic E-state index is 13.2. The van der Waals surface area contributed by atoms with Gasteiger partial charge < -0.3 is 19.7 Å². The lowest BCUT2D eigenvalue weighted by atomic mass is 9.60. The van der Waals surface area contributed by atoms with Crippen molar-refractivity contribution >= 4 is 17.7 Å². The number of esters is 2. The minimum atomic E-state index is -1.46. The molecular weight excluding hydrogens is 508 g/mol. The molecule has 0 amide bonds. The van der Waals surface area contributed by atoms with Gasteiger partial charge in [0.25, 0.3) is 0 Å². The van der Waals surface area contributed by atoms with E-state index in [1.807, 2.05) is 65.0 Å². The zero-order chi connectivity index (χ0) is 29.5. The van der Waals surface area contributed by atoms with Gasteiger partial charge in [0.15, 0.2) is 11.4 Å². The zero-order valence-electron chi connectivity index (χ0n) is 24.6. The molecule has 7 heteroatoms. The lowest BCUT2D eigenvalue weighted by Crippen LogP contribution is -2.63. The fourth-order valence-electron chi connectivity index (χ4n) is 7.84. The SMILES string of the molecule is CC/C=C/C=C/C=C\C(=O)O[C@@H]1[C@@H](C)[C@]2(O)[C@@H]3C=C(C)C(=O)[C@@H]3CC(CO)=C[C@H]2[C@@H]2C(C)(C)[C@]12OC(=O)CCC. The number of Topliss-reactive ketones (excluding diaryl/α,β-unsaturated/α-hetero) is 1.